The number of aliphatic carboxylic acids is 2. The highest BCUT2D eigenvalue weighted by atomic mass is 35.5. The molecule has 0 aliphatic heterocycles. The first-order valence-corrected chi connectivity index (χ1v) is 6.69. The van der Waals surface area contributed by atoms with Crippen LogP contribution in [0, 0.1) is 11.8 Å². The summed E-state index contributed by atoms with van der Waals surface area (Å²) in [6.45, 7) is 3.53. The van der Waals surface area contributed by atoms with Crippen molar-refractivity contribution >= 4 is 35.1 Å². The van der Waals surface area contributed by atoms with Crippen molar-refractivity contribution in [3.05, 3.63) is 22.2 Å². The van der Waals surface area contributed by atoms with Crippen LogP contribution in [-0.2, 0) is 9.59 Å². The van der Waals surface area contributed by atoms with E-state index in [1.807, 2.05) is 6.92 Å². The van der Waals surface area contributed by atoms with Crippen LogP contribution < -0.4 is 0 Å². The van der Waals surface area contributed by atoms with Gasteiger partial charge < -0.3 is 10.2 Å². The van der Waals surface area contributed by atoms with Crippen molar-refractivity contribution in [3.8, 4) is 0 Å². The summed E-state index contributed by atoms with van der Waals surface area (Å²) < 4.78 is 0. The Labute approximate surface area is 122 Å². The van der Waals surface area contributed by atoms with Gasteiger partial charge in [-0.05, 0) is 26.2 Å². The Morgan fingerprint density at radius 3 is 1.79 bits per heavy atom. The maximum absolute atomic E-state index is 11.2. The zero-order valence-corrected chi connectivity index (χ0v) is 12.4. The molecule has 0 aliphatic carbocycles. The molecule has 0 bridgehead atoms. The molecule has 19 heavy (non-hydrogen) atoms. The van der Waals surface area contributed by atoms with Gasteiger partial charge in [0.1, 0.15) is 0 Å². The minimum atomic E-state index is -1.19. The zero-order valence-electron chi connectivity index (χ0n) is 10.9. The number of carbonyl (C=O) groups is 2. The third kappa shape index (κ3) is 6.64. The van der Waals surface area contributed by atoms with E-state index in [1.54, 1.807) is 19.1 Å². The molecular weight excluding hydrogens is 291 g/mol. The lowest BCUT2D eigenvalue weighted by Gasteiger charge is -2.20. The van der Waals surface area contributed by atoms with Crippen LogP contribution in [0.5, 0.6) is 0 Å². The van der Waals surface area contributed by atoms with E-state index in [4.69, 9.17) is 28.3 Å². The Balaban J connectivity index is 5.13. The van der Waals surface area contributed by atoms with E-state index in [2.05, 4.69) is 0 Å². The van der Waals surface area contributed by atoms with Gasteiger partial charge in [-0.25, -0.2) is 0 Å². The number of rotatable bonds is 8. The summed E-state index contributed by atoms with van der Waals surface area (Å²) in [4.78, 5) is 22.5. The lowest BCUT2D eigenvalue weighted by atomic mass is 9.86. The van der Waals surface area contributed by atoms with Gasteiger partial charge in [-0.15, -0.1) is 0 Å². The maximum atomic E-state index is 11.2. The molecule has 0 aliphatic rings. The van der Waals surface area contributed by atoms with Crippen molar-refractivity contribution in [2.75, 3.05) is 0 Å². The van der Waals surface area contributed by atoms with Gasteiger partial charge in [0.25, 0.3) is 0 Å². The van der Waals surface area contributed by atoms with E-state index in [9.17, 15) is 14.7 Å². The molecule has 0 aromatic heterocycles. The van der Waals surface area contributed by atoms with Crippen LogP contribution in [0.2, 0.25) is 0 Å². The minimum absolute atomic E-state index is 0.00439. The molecule has 0 saturated carbocycles. The van der Waals surface area contributed by atoms with Crippen molar-refractivity contribution in [1.29, 1.82) is 0 Å². The van der Waals surface area contributed by atoms with Gasteiger partial charge in [-0.1, -0.05) is 42.3 Å². The SMILES string of the molecule is C/C=C(/Cl)CC(C(=O)O)C(C/C(Cl)=C\CC)C(=O)O. The summed E-state index contributed by atoms with van der Waals surface area (Å²) >= 11 is 11.7. The number of carboxylic acid groups (broad SMARTS) is 2. The molecule has 0 radical (unpaired) electrons. The van der Waals surface area contributed by atoms with Crippen molar-refractivity contribution in [2.45, 2.75) is 33.1 Å². The second-order valence-corrected chi connectivity index (χ2v) is 5.06. The van der Waals surface area contributed by atoms with Crippen LogP contribution >= 0.6 is 23.2 Å². The summed E-state index contributed by atoms with van der Waals surface area (Å²) in [5.41, 5.74) is 0. The van der Waals surface area contributed by atoms with Crippen LogP contribution in [0.25, 0.3) is 0 Å². The first kappa shape index (κ1) is 18.0. The molecule has 0 spiro atoms. The van der Waals surface area contributed by atoms with Gasteiger partial charge in [0.05, 0.1) is 11.8 Å². The Morgan fingerprint density at radius 1 is 1.05 bits per heavy atom. The van der Waals surface area contributed by atoms with E-state index in [1.165, 1.54) is 0 Å². The fourth-order valence-corrected chi connectivity index (χ4v) is 2.13. The number of allylic oxidation sites excluding steroid dienone is 4. The van der Waals surface area contributed by atoms with Crippen molar-refractivity contribution < 1.29 is 19.8 Å². The van der Waals surface area contributed by atoms with Crippen molar-refractivity contribution in [2.24, 2.45) is 11.8 Å². The topological polar surface area (TPSA) is 74.6 Å². The minimum Gasteiger partial charge on any atom is -0.481 e. The summed E-state index contributed by atoms with van der Waals surface area (Å²) in [7, 11) is 0. The van der Waals surface area contributed by atoms with Gasteiger partial charge in [0, 0.05) is 10.1 Å². The largest absolute Gasteiger partial charge is 0.481 e. The van der Waals surface area contributed by atoms with Crippen LogP contribution in [0.15, 0.2) is 22.2 Å². The van der Waals surface area contributed by atoms with E-state index in [0.717, 1.165) is 0 Å². The predicted octanol–water partition coefficient (Wildman–Crippen LogP) is 3.84. The second-order valence-electron chi connectivity index (χ2n) is 4.09. The monoisotopic (exact) mass is 308 g/mol. The molecule has 0 aromatic carbocycles. The first-order valence-electron chi connectivity index (χ1n) is 5.94. The third-order valence-corrected chi connectivity index (χ3v) is 3.37. The lowest BCUT2D eigenvalue weighted by molar-refractivity contribution is -0.153. The van der Waals surface area contributed by atoms with E-state index < -0.39 is 23.8 Å². The predicted molar refractivity (Wildman–Crippen MR) is 75.3 cm³/mol. The van der Waals surface area contributed by atoms with Gasteiger partial charge in [-0.2, -0.15) is 0 Å². The molecule has 6 heteroatoms. The van der Waals surface area contributed by atoms with Crippen LogP contribution in [-0.4, -0.2) is 22.2 Å². The summed E-state index contributed by atoms with van der Waals surface area (Å²) in [6.07, 6.45) is 3.88. The maximum Gasteiger partial charge on any atom is 0.307 e. The number of hydrogen-bond acceptors (Lipinski definition) is 2. The highest BCUT2D eigenvalue weighted by molar-refractivity contribution is 6.30. The Bertz CT molecular complexity index is 388. The Kier molecular flexibility index (Phi) is 8.52. The van der Waals surface area contributed by atoms with Crippen LogP contribution in [0.4, 0.5) is 0 Å². The average Bonchev–Trinajstić information content (AvgIpc) is 2.32. The van der Waals surface area contributed by atoms with Crippen LogP contribution in [0.1, 0.15) is 33.1 Å². The number of carboxylic acids is 2. The number of halogens is 2. The molecule has 2 unspecified atom stereocenters. The van der Waals surface area contributed by atoms with Gasteiger partial charge in [0.15, 0.2) is 0 Å². The van der Waals surface area contributed by atoms with Crippen molar-refractivity contribution in [3.63, 3.8) is 0 Å². The standard InChI is InChI=1S/C13H18Cl2O4/c1-3-5-9(15)7-11(13(18)19)10(12(16)17)6-8(14)4-2/h4-5,10-11H,3,6-7H2,1-2H3,(H,16,17)(H,18,19)/b8-4+,9-5+. The summed E-state index contributed by atoms with van der Waals surface area (Å²) in [5.74, 6) is -4.56. The molecule has 2 atom stereocenters. The molecule has 2 N–H and O–H groups in total. The molecule has 108 valence electrons. The normalized spacial score (nSPS) is 16.0. The number of hydrogen-bond donors (Lipinski definition) is 2. The van der Waals surface area contributed by atoms with Gasteiger partial charge in [0.2, 0.25) is 0 Å². The third-order valence-electron chi connectivity index (χ3n) is 2.69. The molecular formula is C13H18Cl2O4. The molecule has 0 saturated heterocycles. The van der Waals surface area contributed by atoms with E-state index in [0.29, 0.717) is 16.5 Å². The molecule has 0 fully saturated rings. The zero-order chi connectivity index (χ0) is 15.0. The van der Waals surface area contributed by atoms with E-state index >= 15 is 0 Å². The quantitative estimate of drug-likeness (QED) is 0.714. The molecule has 0 heterocycles. The van der Waals surface area contributed by atoms with Gasteiger partial charge >= 0.3 is 11.9 Å². The lowest BCUT2D eigenvalue weighted by Crippen LogP contribution is -2.30. The molecule has 4 nitrogen and oxygen atoms in total. The first-order chi connectivity index (χ1) is 8.83. The van der Waals surface area contributed by atoms with E-state index in [-0.39, 0.29) is 12.8 Å². The Hall–Kier alpha value is -1.00. The van der Waals surface area contributed by atoms with Crippen molar-refractivity contribution in [1.82, 2.24) is 0 Å². The van der Waals surface area contributed by atoms with Crippen LogP contribution in [0.3, 0.4) is 0 Å². The highest BCUT2D eigenvalue weighted by Gasteiger charge is 2.34. The van der Waals surface area contributed by atoms with Gasteiger partial charge in [-0.3, -0.25) is 9.59 Å². The average molecular weight is 309 g/mol. The highest BCUT2D eigenvalue weighted by Crippen LogP contribution is 2.29. The molecule has 0 amide bonds. The second kappa shape index (κ2) is 8.99. The summed E-state index contributed by atoms with van der Waals surface area (Å²) in [5, 5.41) is 19.0. The Morgan fingerprint density at radius 2 is 1.47 bits per heavy atom. The fourth-order valence-electron chi connectivity index (χ4n) is 1.65. The fraction of sp³-hybridized carbons (Fsp3) is 0.538. The smallest absolute Gasteiger partial charge is 0.307 e. The summed E-state index contributed by atoms with van der Waals surface area (Å²) in [6, 6.07) is 0. The molecule has 0 aromatic rings. The molecule has 0 rings (SSSR count).